The number of hydrogen-bond acceptors (Lipinski definition) is 3. The molecule has 0 aliphatic rings. The van der Waals surface area contributed by atoms with Gasteiger partial charge in [-0.2, -0.15) is 0 Å². The Balaban J connectivity index is 3.12. The first-order valence-electron chi connectivity index (χ1n) is 3.92. The van der Waals surface area contributed by atoms with Gasteiger partial charge in [0.25, 0.3) is 0 Å². The van der Waals surface area contributed by atoms with E-state index in [9.17, 15) is 4.79 Å². The van der Waals surface area contributed by atoms with E-state index in [2.05, 4.69) is 10.8 Å². The highest BCUT2D eigenvalue weighted by atomic mass is 16.5. The zero-order chi connectivity index (χ0) is 9.84. The molecule has 0 fully saturated rings. The van der Waals surface area contributed by atoms with Gasteiger partial charge in [0, 0.05) is 14.1 Å². The quantitative estimate of drug-likeness (QED) is 0.640. The largest absolute Gasteiger partial charge is 0.465 e. The number of benzene rings is 1. The van der Waals surface area contributed by atoms with Gasteiger partial charge < -0.3 is 9.64 Å². The van der Waals surface area contributed by atoms with Crippen LogP contribution in [0.5, 0.6) is 0 Å². The average Bonchev–Trinajstić information content (AvgIpc) is 2.16. The molecule has 0 spiro atoms. The SMILES string of the molecule is COC(=O)c1c[c]ccc1N(C)C. The van der Waals surface area contributed by atoms with Crippen LogP contribution < -0.4 is 4.90 Å². The molecule has 0 aliphatic carbocycles. The molecule has 0 unspecified atom stereocenters. The van der Waals surface area contributed by atoms with E-state index < -0.39 is 0 Å². The fourth-order valence-electron chi connectivity index (χ4n) is 1.09. The average molecular weight is 178 g/mol. The minimum Gasteiger partial charge on any atom is -0.465 e. The third-order valence-corrected chi connectivity index (χ3v) is 1.73. The predicted molar refractivity (Wildman–Crippen MR) is 50.9 cm³/mol. The maximum atomic E-state index is 11.3. The number of esters is 1. The van der Waals surface area contributed by atoms with E-state index in [4.69, 9.17) is 0 Å². The van der Waals surface area contributed by atoms with Crippen LogP contribution in [-0.4, -0.2) is 27.2 Å². The number of hydrogen-bond donors (Lipinski definition) is 0. The highest BCUT2D eigenvalue weighted by Gasteiger charge is 2.11. The van der Waals surface area contributed by atoms with Crippen LogP contribution in [0.2, 0.25) is 0 Å². The first kappa shape index (κ1) is 9.58. The maximum Gasteiger partial charge on any atom is 0.339 e. The lowest BCUT2D eigenvalue weighted by molar-refractivity contribution is 0.0601. The van der Waals surface area contributed by atoms with Gasteiger partial charge in [-0.05, 0) is 18.2 Å². The Morgan fingerprint density at radius 2 is 2.23 bits per heavy atom. The summed E-state index contributed by atoms with van der Waals surface area (Å²) in [5, 5.41) is 0. The van der Waals surface area contributed by atoms with Crippen molar-refractivity contribution >= 4 is 11.7 Å². The Labute approximate surface area is 77.9 Å². The summed E-state index contributed by atoms with van der Waals surface area (Å²) >= 11 is 0. The Hall–Kier alpha value is -1.51. The minimum atomic E-state index is -0.333. The molecule has 1 aromatic rings. The van der Waals surface area contributed by atoms with E-state index >= 15 is 0 Å². The highest BCUT2D eigenvalue weighted by Crippen LogP contribution is 2.17. The molecule has 69 valence electrons. The number of carbonyl (C=O) groups excluding carboxylic acids is 1. The van der Waals surface area contributed by atoms with E-state index in [1.807, 2.05) is 25.1 Å². The molecule has 0 atom stereocenters. The number of nitrogens with zero attached hydrogens (tertiary/aromatic N) is 1. The van der Waals surface area contributed by atoms with Crippen LogP contribution in [0.3, 0.4) is 0 Å². The number of rotatable bonds is 2. The second kappa shape index (κ2) is 3.94. The third kappa shape index (κ3) is 1.99. The third-order valence-electron chi connectivity index (χ3n) is 1.73. The van der Waals surface area contributed by atoms with Crippen molar-refractivity contribution < 1.29 is 9.53 Å². The smallest absolute Gasteiger partial charge is 0.339 e. The molecule has 0 aromatic heterocycles. The molecule has 0 bridgehead atoms. The molecule has 0 heterocycles. The molecule has 3 heteroatoms. The van der Waals surface area contributed by atoms with Crippen molar-refractivity contribution in [2.24, 2.45) is 0 Å². The van der Waals surface area contributed by atoms with Crippen LogP contribution >= 0.6 is 0 Å². The molecule has 1 rings (SSSR count). The van der Waals surface area contributed by atoms with E-state index in [1.54, 1.807) is 12.1 Å². The Kier molecular flexibility index (Phi) is 2.90. The summed E-state index contributed by atoms with van der Waals surface area (Å²) in [5.74, 6) is -0.333. The summed E-state index contributed by atoms with van der Waals surface area (Å²) in [6.45, 7) is 0. The van der Waals surface area contributed by atoms with Crippen LogP contribution in [-0.2, 0) is 4.74 Å². The van der Waals surface area contributed by atoms with Crippen LogP contribution in [0.4, 0.5) is 5.69 Å². The van der Waals surface area contributed by atoms with Gasteiger partial charge in [-0.3, -0.25) is 0 Å². The highest BCUT2D eigenvalue weighted by molar-refractivity contribution is 5.95. The van der Waals surface area contributed by atoms with Crippen LogP contribution in [0.1, 0.15) is 10.4 Å². The first-order valence-corrected chi connectivity index (χ1v) is 3.92. The van der Waals surface area contributed by atoms with Gasteiger partial charge in [0.1, 0.15) is 0 Å². The van der Waals surface area contributed by atoms with E-state index in [-0.39, 0.29) is 5.97 Å². The summed E-state index contributed by atoms with van der Waals surface area (Å²) in [6.07, 6.45) is 0. The second-order valence-corrected chi connectivity index (χ2v) is 2.83. The summed E-state index contributed by atoms with van der Waals surface area (Å²) in [4.78, 5) is 13.1. The van der Waals surface area contributed by atoms with Crippen molar-refractivity contribution in [1.82, 2.24) is 0 Å². The number of anilines is 1. The number of ether oxygens (including phenoxy) is 1. The summed E-state index contributed by atoms with van der Waals surface area (Å²) in [6, 6.07) is 8.06. The Bertz CT molecular complexity index is 308. The molecule has 0 N–H and O–H groups in total. The molecule has 1 radical (unpaired) electrons. The van der Waals surface area contributed by atoms with Gasteiger partial charge >= 0.3 is 5.97 Å². The van der Waals surface area contributed by atoms with Gasteiger partial charge in [-0.15, -0.1) is 0 Å². The van der Waals surface area contributed by atoms with Crippen molar-refractivity contribution in [2.75, 3.05) is 26.1 Å². The normalized spacial score (nSPS) is 9.46. The van der Waals surface area contributed by atoms with Crippen molar-refractivity contribution in [3.05, 3.63) is 29.8 Å². The lowest BCUT2D eigenvalue weighted by Gasteiger charge is -2.15. The van der Waals surface area contributed by atoms with Gasteiger partial charge in [0.2, 0.25) is 0 Å². The van der Waals surface area contributed by atoms with Crippen molar-refractivity contribution in [3.8, 4) is 0 Å². The molecule has 0 saturated carbocycles. The van der Waals surface area contributed by atoms with Crippen molar-refractivity contribution in [3.63, 3.8) is 0 Å². The molecule has 13 heavy (non-hydrogen) atoms. The summed E-state index contributed by atoms with van der Waals surface area (Å²) in [5.41, 5.74) is 1.38. The fraction of sp³-hybridized carbons (Fsp3) is 0.300. The lowest BCUT2D eigenvalue weighted by atomic mass is 10.1. The lowest BCUT2D eigenvalue weighted by Crippen LogP contribution is -2.14. The standard InChI is InChI=1S/C10H12NO2/c1-11(2)9-7-5-4-6-8(9)10(12)13-3/h5-7H,1-3H3. The number of methoxy groups -OCH3 is 1. The van der Waals surface area contributed by atoms with Gasteiger partial charge in [0.15, 0.2) is 0 Å². The molecule has 0 aliphatic heterocycles. The molecule has 1 aromatic carbocycles. The summed E-state index contributed by atoms with van der Waals surface area (Å²) in [7, 11) is 5.12. The first-order chi connectivity index (χ1) is 6.16. The monoisotopic (exact) mass is 178 g/mol. The molecular formula is C10H12NO2. The molecule has 0 amide bonds. The second-order valence-electron chi connectivity index (χ2n) is 2.83. The van der Waals surface area contributed by atoms with Crippen LogP contribution in [0.15, 0.2) is 18.2 Å². The Morgan fingerprint density at radius 3 is 2.77 bits per heavy atom. The predicted octanol–water partition coefficient (Wildman–Crippen LogP) is 1.34. The Morgan fingerprint density at radius 1 is 1.54 bits per heavy atom. The molecular weight excluding hydrogens is 166 g/mol. The van der Waals surface area contributed by atoms with Gasteiger partial charge in [-0.25, -0.2) is 4.79 Å². The van der Waals surface area contributed by atoms with E-state index in [0.29, 0.717) is 5.56 Å². The van der Waals surface area contributed by atoms with Gasteiger partial charge in [-0.1, -0.05) is 6.07 Å². The van der Waals surface area contributed by atoms with Gasteiger partial charge in [0.05, 0.1) is 18.4 Å². The maximum absolute atomic E-state index is 11.3. The molecule has 3 nitrogen and oxygen atoms in total. The topological polar surface area (TPSA) is 29.5 Å². The minimum absolute atomic E-state index is 0.333. The summed E-state index contributed by atoms with van der Waals surface area (Å²) < 4.78 is 4.64. The van der Waals surface area contributed by atoms with Crippen molar-refractivity contribution in [2.45, 2.75) is 0 Å². The zero-order valence-electron chi connectivity index (χ0n) is 8.00. The van der Waals surface area contributed by atoms with Crippen molar-refractivity contribution in [1.29, 1.82) is 0 Å². The van der Waals surface area contributed by atoms with E-state index in [0.717, 1.165) is 5.69 Å². The fourth-order valence-corrected chi connectivity index (χ4v) is 1.09. The zero-order valence-corrected chi connectivity index (χ0v) is 8.00. The molecule has 0 saturated heterocycles. The van der Waals surface area contributed by atoms with Crippen LogP contribution in [0.25, 0.3) is 0 Å². The number of carbonyl (C=O) groups is 1. The van der Waals surface area contributed by atoms with E-state index in [1.165, 1.54) is 7.11 Å². The van der Waals surface area contributed by atoms with Crippen LogP contribution in [0, 0.1) is 6.07 Å².